The standard InChI is InChI=1S/C19H26N4O7/c1-2-15(24)20-10-17(26)23-14(8-13-6-4-3-5-7-13)19(29)21-9-16(25)22-12-30-11-18(27)28/h3-7,14H,2,8-12H2,1H3,(H,20,24)(H,21,29)(H,22,25)(H,23,26)(H,27,28)/t14-/m0/s1. The van der Waals surface area contributed by atoms with Crippen molar-refractivity contribution >= 4 is 29.6 Å². The lowest BCUT2D eigenvalue weighted by molar-refractivity contribution is -0.143. The number of nitrogens with one attached hydrogen (secondary N) is 4. The van der Waals surface area contributed by atoms with E-state index < -0.39 is 36.3 Å². The Balaban J connectivity index is 2.58. The first-order valence-electron chi connectivity index (χ1n) is 9.25. The molecular weight excluding hydrogens is 396 g/mol. The minimum atomic E-state index is -1.17. The fourth-order valence-electron chi connectivity index (χ4n) is 2.23. The van der Waals surface area contributed by atoms with Crippen LogP contribution in [0, 0.1) is 0 Å². The lowest BCUT2D eigenvalue weighted by atomic mass is 10.1. The Hall–Kier alpha value is -3.47. The Morgan fingerprint density at radius 1 is 0.933 bits per heavy atom. The lowest BCUT2D eigenvalue weighted by Gasteiger charge is -2.19. The molecule has 0 aliphatic rings. The molecule has 1 atom stereocenters. The first-order chi connectivity index (χ1) is 14.3. The van der Waals surface area contributed by atoms with Crippen molar-refractivity contribution < 1.29 is 33.8 Å². The van der Waals surface area contributed by atoms with Gasteiger partial charge in [-0.25, -0.2) is 4.79 Å². The molecule has 5 N–H and O–H groups in total. The van der Waals surface area contributed by atoms with E-state index in [1.807, 2.05) is 6.07 Å². The summed E-state index contributed by atoms with van der Waals surface area (Å²) in [6.45, 7) is 0.112. The third-order valence-corrected chi connectivity index (χ3v) is 3.72. The quantitative estimate of drug-likeness (QED) is 0.191. The van der Waals surface area contributed by atoms with Crippen LogP contribution in [0.1, 0.15) is 18.9 Å². The highest BCUT2D eigenvalue weighted by atomic mass is 16.5. The second kappa shape index (κ2) is 13.7. The topological polar surface area (TPSA) is 163 Å². The molecule has 164 valence electrons. The number of benzene rings is 1. The van der Waals surface area contributed by atoms with Crippen molar-refractivity contribution in [3.63, 3.8) is 0 Å². The summed E-state index contributed by atoms with van der Waals surface area (Å²) in [4.78, 5) is 57.9. The van der Waals surface area contributed by atoms with Crippen LogP contribution >= 0.6 is 0 Å². The summed E-state index contributed by atoms with van der Waals surface area (Å²) in [6.07, 6.45) is 0.413. The molecule has 11 heteroatoms. The molecule has 0 saturated carbocycles. The van der Waals surface area contributed by atoms with Gasteiger partial charge in [0.1, 0.15) is 19.4 Å². The van der Waals surface area contributed by atoms with E-state index in [9.17, 15) is 24.0 Å². The summed E-state index contributed by atoms with van der Waals surface area (Å²) < 4.78 is 4.67. The number of ether oxygens (including phenoxy) is 1. The van der Waals surface area contributed by atoms with Gasteiger partial charge < -0.3 is 31.1 Å². The maximum absolute atomic E-state index is 12.5. The largest absolute Gasteiger partial charge is 0.480 e. The first kappa shape index (κ1) is 24.6. The molecule has 0 heterocycles. The van der Waals surface area contributed by atoms with Crippen LogP contribution in [0.15, 0.2) is 30.3 Å². The van der Waals surface area contributed by atoms with E-state index in [2.05, 4.69) is 26.0 Å². The number of hydrogen-bond acceptors (Lipinski definition) is 6. The molecule has 0 fully saturated rings. The summed E-state index contributed by atoms with van der Waals surface area (Å²) in [5, 5.41) is 18.1. The highest BCUT2D eigenvalue weighted by molar-refractivity contribution is 5.92. The van der Waals surface area contributed by atoms with Gasteiger partial charge in [0.15, 0.2) is 0 Å². The summed E-state index contributed by atoms with van der Waals surface area (Å²) in [7, 11) is 0. The van der Waals surface area contributed by atoms with E-state index in [1.165, 1.54) is 0 Å². The summed E-state index contributed by atoms with van der Waals surface area (Å²) in [5.41, 5.74) is 0.794. The Morgan fingerprint density at radius 3 is 2.23 bits per heavy atom. The maximum atomic E-state index is 12.5. The van der Waals surface area contributed by atoms with E-state index >= 15 is 0 Å². The Kier molecular flexibility index (Phi) is 11.2. The number of amides is 4. The van der Waals surface area contributed by atoms with E-state index in [0.717, 1.165) is 5.56 Å². The minimum Gasteiger partial charge on any atom is -0.480 e. The molecule has 1 aromatic carbocycles. The third-order valence-electron chi connectivity index (χ3n) is 3.72. The molecule has 0 saturated heterocycles. The van der Waals surface area contributed by atoms with Gasteiger partial charge in [0.2, 0.25) is 23.6 Å². The predicted octanol–water partition coefficient (Wildman–Crippen LogP) is -1.47. The molecule has 0 aromatic heterocycles. The van der Waals surface area contributed by atoms with Gasteiger partial charge in [0, 0.05) is 12.8 Å². The maximum Gasteiger partial charge on any atom is 0.329 e. The van der Waals surface area contributed by atoms with E-state index in [1.54, 1.807) is 31.2 Å². The van der Waals surface area contributed by atoms with Gasteiger partial charge >= 0.3 is 5.97 Å². The van der Waals surface area contributed by atoms with Crippen LogP contribution < -0.4 is 21.3 Å². The van der Waals surface area contributed by atoms with Crippen molar-refractivity contribution in [2.45, 2.75) is 25.8 Å². The van der Waals surface area contributed by atoms with Crippen molar-refractivity contribution in [3.8, 4) is 0 Å². The smallest absolute Gasteiger partial charge is 0.329 e. The van der Waals surface area contributed by atoms with E-state index in [0.29, 0.717) is 0 Å². The number of aliphatic carboxylic acids is 1. The summed E-state index contributed by atoms with van der Waals surface area (Å²) in [5.74, 6) is -3.19. The Morgan fingerprint density at radius 2 is 1.60 bits per heavy atom. The van der Waals surface area contributed by atoms with Crippen LogP contribution in [0.2, 0.25) is 0 Å². The summed E-state index contributed by atoms with van der Waals surface area (Å²) >= 11 is 0. The van der Waals surface area contributed by atoms with Crippen molar-refractivity contribution in [2.75, 3.05) is 26.4 Å². The van der Waals surface area contributed by atoms with Gasteiger partial charge in [0.25, 0.3) is 0 Å². The molecule has 0 aliphatic carbocycles. The molecule has 0 bridgehead atoms. The zero-order valence-electron chi connectivity index (χ0n) is 16.6. The fourth-order valence-corrected chi connectivity index (χ4v) is 2.23. The van der Waals surface area contributed by atoms with E-state index in [4.69, 9.17) is 5.11 Å². The highest BCUT2D eigenvalue weighted by Gasteiger charge is 2.22. The molecule has 0 spiro atoms. The molecule has 0 unspecified atom stereocenters. The Bertz CT molecular complexity index is 740. The van der Waals surface area contributed by atoms with Gasteiger partial charge in [-0.3, -0.25) is 19.2 Å². The molecule has 1 aromatic rings. The van der Waals surface area contributed by atoms with Gasteiger partial charge in [-0.05, 0) is 5.56 Å². The minimum absolute atomic E-state index is 0.184. The SMILES string of the molecule is CCC(=O)NCC(=O)N[C@@H](Cc1ccccc1)C(=O)NCC(=O)NCOCC(=O)O. The van der Waals surface area contributed by atoms with Crippen LogP contribution in [0.4, 0.5) is 0 Å². The molecular formula is C19H26N4O7. The predicted molar refractivity (Wildman–Crippen MR) is 105 cm³/mol. The number of carbonyl (C=O) groups is 5. The molecule has 11 nitrogen and oxygen atoms in total. The second-order valence-electron chi connectivity index (χ2n) is 6.14. The number of carboxylic acids is 1. The van der Waals surface area contributed by atoms with Gasteiger partial charge in [0.05, 0.1) is 13.1 Å². The molecule has 4 amide bonds. The fraction of sp³-hybridized carbons (Fsp3) is 0.421. The number of carbonyl (C=O) groups excluding carboxylic acids is 4. The monoisotopic (exact) mass is 422 g/mol. The zero-order valence-corrected chi connectivity index (χ0v) is 16.6. The van der Waals surface area contributed by atoms with Crippen molar-refractivity contribution in [1.82, 2.24) is 21.3 Å². The molecule has 1 rings (SSSR count). The normalized spacial score (nSPS) is 11.1. The average Bonchev–Trinajstić information content (AvgIpc) is 2.73. The van der Waals surface area contributed by atoms with Gasteiger partial charge in [-0.2, -0.15) is 0 Å². The van der Waals surface area contributed by atoms with Crippen molar-refractivity contribution in [3.05, 3.63) is 35.9 Å². The number of carboxylic acid groups (broad SMARTS) is 1. The first-order valence-corrected chi connectivity index (χ1v) is 9.25. The second-order valence-corrected chi connectivity index (χ2v) is 6.14. The van der Waals surface area contributed by atoms with Crippen molar-refractivity contribution in [1.29, 1.82) is 0 Å². The van der Waals surface area contributed by atoms with Crippen LogP contribution in [0.3, 0.4) is 0 Å². The third kappa shape index (κ3) is 10.8. The van der Waals surface area contributed by atoms with Crippen LogP contribution in [-0.2, 0) is 35.1 Å². The van der Waals surface area contributed by atoms with Crippen LogP contribution in [-0.4, -0.2) is 67.2 Å². The molecule has 0 radical (unpaired) electrons. The average molecular weight is 422 g/mol. The van der Waals surface area contributed by atoms with Gasteiger partial charge in [-0.1, -0.05) is 37.3 Å². The highest BCUT2D eigenvalue weighted by Crippen LogP contribution is 2.03. The van der Waals surface area contributed by atoms with Gasteiger partial charge in [-0.15, -0.1) is 0 Å². The number of hydrogen-bond donors (Lipinski definition) is 5. The summed E-state index contributed by atoms with van der Waals surface area (Å²) in [6, 6.07) is 8.01. The van der Waals surface area contributed by atoms with E-state index in [-0.39, 0.29) is 38.6 Å². The number of rotatable bonds is 13. The lowest BCUT2D eigenvalue weighted by Crippen LogP contribution is -2.52. The Labute approximate surface area is 173 Å². The van der Waals surface area contributed by atoms with Crippen LogP contribution in [0.25, 0.3) is 0 Å². The van der Waals surface area contributed by atoms with Crippen molar-refractivity contribution in [2.24, 2.45) is 0 Å². The van der Waals surface area contributed by atoms with Crippen LogP contribution in [0.5, 0.6) is 0 Å². The zero-order chi connectivity index (χ0) is 22.4. The molecule has 30 heavy (non-hydrogen) atoms. The molecule has 0 aliphatic heterocycles.